The first-order valence-corrected chi connectivity index (χ1v) is 11.8. The zero-order valence-electron chi connectivity index (χ0n) is 17.2. The van der Waals surface area contributed by atoms with E-state index in [-0.39, 0.29) is 5.91 Å². The number of carbonyl (C=O) groups excluding carboxylic acids is 1. The van der Waals surface area contributed by atoms with Crippen LogP contribution in [0.4, 0.5) is 5.82 Å². The van der Waals surface area contributed by atoms with Gasteiger partial charge in [-0.05, 0) is 44.6 Å². The van der Waals surface area contributed by atoms with Crippen LogP contribution in [-0.4, -0.2) is 47.1 Å². The number of thiazole rings is 1. The molecule has 3 aromatic rings. The summed E-state index contributed by atoms with van der Waals surface area (Å²) in [6, 6.07) is 5.89. The van der Waals surface area contributed by atoms with Crippen LogP contribution in [0, 0.1) is 13.8 Å². The number of nitrogens with zero attached hydrogens (tertiary/aromatic N) is 4. The van der Waals surface area contributed by atoms with Crippen molar-refractivity contribution in [3.8, 4) is 15.8 Å². The van der Waals surface area contributed by atoms with Crippen molar-refractivity contribution in [2.24, 2.45) is 0 Å². The van der Waals surface area contributed by atoms with Crippen LogP contribution in [0.15, 0.2) is 23.6 Å². The number of amides is 1. The van der Waals surface area contributed by atoms with Crippen LogP contribution < -0.4 is 15.0 Å². The highest BCUT2D eigenvalue weighted by Gasteiger charge is 2.17. The normalized spacial score (nSPS) is 14.0. The van der Waals surface area contributed by atoms with Crippen molar-refractivity contribution in [3.05, 3.63) is 40.0 Å². The van der Waals surface area contributed by atoms with Gasteiger partial charge in [-0.15, -0.1) is 22.7 Å². The van der Waals surface area contributed by atoms with E-state index in [0.717, 1.165) is 34.5 Å². The molecule has 0 radical (unpaired) electrons. The Morgan fingerprint density at radius 1 is 1.20 bits per heavy atom. The second-order valence-corrected chi connectivity index (χ2v) is 9.12. The lowest BCUT2D eigenvalue weighted by molar-refractivity contribution is 0.0950. The maximum atomic E-state index is 12.5. The van der Waals surface area contributed by atoms with E-state index in [1.165, 1.54) is 30.6 Å². The standard InChI is InChI=1S/C21H25N5O2S2/c1-14-19(30-21(23-14)16-7-6-12-29-16)20(27)22-8-11-28-18-13-17(24-15(2)25-18)26-9-4-3-5-10-26/h6-7,12-13H,3-5,8-11H2,1-2H3,(H,22,27). The molecule has 1 fully saturated rings. The number of aromatic nitrogens is 3. The molecule has 4 rings (SSSR count). The van der Waals surface area contributed by atoms with Crippen molar-refractivity contribution in [1.82, 2.24) is 20.3 Å². The summed E-state index contributed by atoms with van der Waals surface area (Å²) in [5.41, 5.74) is 0.749. The number of hydrogen-bond donors (Lipinski definition) is 1. The molecule has 0 aliphatic carbocycles. The van der Waals surface area contributed by atoms with E-state index in [4.69, 9.17) is 4.74 Å². The summed E-state index contributed by atoms with van der Waals surface area (Å²) in [6.45, 7) is 6.52. The van der Waals surface area contributed by atoms with E-state index in [1.807, 2.05) is 37.4 Å². The third-order valence-electron chi connectivity index (χ3n) is 4.85. The minimum Gasteiger partial charge on any atom is -0.476 e. The van der Waals surface area contributed by atoms with E-state index < -0.39 is 0 Å². The Hall–Kier alpha value is -2.52. The number of carbonyl (C=O) groups is 1. The molecule has 0 atom stereocenters. The van der Waals surface area contributed by atoms with Crippen molar-refractivity contribution in [2.45, 2.75) is 33.1 Å². The van der Waals surface area contributed by atoms with Gasteiger partial charge < -0.3 is 15.0 Å². The monoisotopic (exact) mass is 443 g/mol. The molecule has 0 bridgehead atoms. The molecule has 158 valence electrons. The van der Waals surface area contributed by atoms with Gasteiger partial charge in [-0.3, -0.25) is 4.79 Å². The smallest absolute Gasteiger partial charge is 0.263 e. The molecule has 0 aromatic carbocycles. The topological polar surface area (TPSA) is 80.2 Å². The summed E-state index contributed by atoms with van der Waals surface area (Å²) in [5.74, 6) is 2.04. The summed E-state index contributed by atoms with van der Waals surface area (Å²) >= 11 is 3.04. The van der Waals surface area contributed by atoms with Gasteiger partial charge in [0.15, 0.2) is 0 Å². The predicted molar refractivity (Wildman–Crippen MR) is 121 cm³/mol. The third-order valence-corrected chi connectivity index (χ3v) is 7.05. The van der Waals surface area contributed by atoms with Crippen molar-refractivity contribution < 1.29 is 9.53 Å². The number of thiophene rings is 1. The number of ether oxygens (including phenoxy) is 1. The van der Waals surface area contributed by atoms with Gasteiger partial charge in [0.2, 0.25) is 5.88 Å². The van der Waals surface area contributed by atoms with Crippen LogP contribution in [0.25, 0.3) is 9.88 Å². The Kier molecular flexibility index (Phi) is 6.59. The molecular formula is C21H25N5O2S2. The zero-order chi connectivity index (χ0) is 20.9. The number of rotatable bonds is 7. The van der Waals surface area contributed by atoms with E-state index in [2.05, 4.69) is 25.2 Å². The summed E-state index contributed by atoms with van der Waals surface area (Å²) in [4.78, 5) is 30.0. The molecule has 0 unspecified atom stereocenters. The summed E-state index contributed by atoms with van der Waals surface area (Å²) < 4.78 is 5.80. The average molecular weight is 444 g/mol. The molecule has 3 aromatic heterocycles. The number of anilines is 1. The lowest BCUT2D eigenvalue weighted by Gasteiger charge is -2.28. The van der Waals surface area contributed by atoms with Crippen LogP contribution in [0.1, 0.15) is 40.5 Å². The lowest BCUT2D eigenvalue weighted by Crippen LogP contribution is -2.30. The quantitative estimate of drug-likeness (QED) is 0.554. The Morgan fingerprint density at radius 3 is 2.80 bits per heavy atom. The van der Waals surface area contributed by atoms with Gasteiger partial charge >= 0.3 is 0 Å². The molecule has 7 nitrogen and oxygen atoms in total. The van der Waals surface area contributed by atoms with E-state index in [9.17, 15) is 4.79 Å². The molecule has 0 spiro atoms. The van der Waals surface area contributed by atoms with Gasteiger partial charge in [0.1, 0.15) is 28.1 Å². The molecule has 0 saturated carbocycles. The summed E-state index contributed by atoms with van der Waals surface area (Å²) in [7, 11) is 0. The predicted octanol–water partition coefficient (Wildman–Crippen LogP) is 4.08. The molecular weight excluding hydrogens is 418 g/mol. The third kappa shape index (κ3) is 4.96. The fourth-order valence-corrected chi connectivity index (χ4v) is 5.18. The van der Waals surface area contributed by atoms with Crippen LogP contribution in [-0.2, 0) is 0 Å². The molecule has 30 heavy (non-hydrogen) atoms. The summed E-state index contributed by atoms with van der Waals surface area (Å²) in [5, 5.41) is 5.81. The van der Waals surface area contributed by atoms with Gasteiger partial charge in [-0.2, -0.15) is 4.98 Å². The lowest BCUT2D eigenvalue weighted by atomic mass is 10.1. The van der Waals surface area contributed by atoms with Crippen LogP contribution >= 0.6 is 22.7 Å². The van der Waals surface area contributed by atoms with Crippen LogP contribution in [0.2, 0.25) is 0 Å². The van der Waals surface area contributed by atoms with Crippen LogP contribution in [0.3, 0.4) is 0 Å². The van der Waals surface area contributed by atoms with Gasteiger partial charge in [0.05, 0.1) is 17.1 Å². The van der Waals surface area contributed by atoms with Crippen molar-refractivity contribution >= 4 is 34.4 Å². The first-order valence-electron chi connectivity index (χ1n) is 10.1. The van der Waals surface area contributed by atoms with E-state index in [0.29, 0.717) is 29.7 Å². The molecule has 4 heterocycles. The van der Waals surface area contributed by atoms with Crippen molar-refractivity contribution in [3.63, 3.8) is 0 Å². The highest BCUT2D eigenvalue weighted by molar-refractivity contribution is 7.22. The fraction of sp³-hybridized carbons (Fsp3) is 0.429. The second kappa shape index (κ2) is 9.53. The minimum atomic E-state index is -0.121. The number of nitrogens with one attached hydrogen (secondary N) is 1. The molecule has 1 aliphatic heterocycles. The summed E-state index contributed by atoms with van der Waals surface area (Å²) in [6.07, 6.45) is 3.66. The van der Waals surface area contributed by atoms with E-state index >= 15 is 0 Å². The molecule has 1 N–H and O–H groups in total. The Bertz CT molecular complexity index is 997. The number of hydrogen-bond acceptors (Lipinski definition) is 8. The van der Waals surface area contributed by atoms with Crippen LogP contribution in [0.5, 0.6) is 5.88 Å². The average Bonchev–Trinajstić information content (AvgIpc) is 3.41. The van der Waals surface area contributed by atoms with Gasteiger partial charge in [0.25, 0.3) is 5.91 Å². The Balaban J connectivity index is 1.31. The first-order chi connectivity index (χ1) is 14.6. The largest absolute Gasteiger partial charge is 0.476 e. The molecule has 1 amide bonds. The highest BCUT2D eigenvalue weighted by Crippen LogP contribution is 2.31. The molecule has 1 aliphatic rings. The van der Waals surface area contributed by atoms with Crippen molar-refractivity contribution in [2.75, 3.05) is 31.1 Å². The van der Waals surface area contributed by atoms with Gasteiger partial charge in [-0.1, -0.05) is 6.07 Å². The van der Waals surface area contributed by atoms with E-state index in [1.54, 1.807) is 11.3 Å². The highest BCUT2D eigenvalue weighted by atomic mass is 32.1. The zero-order valence-corrected chi connectivity index (χ0v) is 18.8. The number of aryl methyl sites for hydroxylation is 2. The second-order valence-electron chi connectivity index (χ2n) is 7.17. The van der Waals surface area contributed by atoms with Gasteiger partial charge in [-0.25, -0.2) is 9.97 Å². The SMILES string of the molecule is Cc1nc(OCCNC(=O)c2sc(-c3cccs3)nc2C)cc(N2CCCCC2)n1. The Morgan fingerprint density at radius 2 is 2.03 bits per heavy atom. The maximum Gasteiger partial charge on any atom is 0.263 e. The first kappa shape index (κ1) is 20.7. The van der Waals surface area contributed by atoms with Gasteiger partial charge in [0, 0.05) is 19.2 Å². The maximum absolute atomic E-state index is 12.5. The Labute approximate surface area is 184 Å². The number of piperidine rings is 1. The fourth-order valence-electron chi connectivity index (χ4n) is 3.40. The molecule has 9 heteroatoms. The van der Waals surface area contributed by atoms with Crippen molar-refractivity contribution in [1.29, 1.82) is 0 Å². The molecule has 1 saturated heterocycles. The minimum absolute atomic E-state index is 0.121.